The van der Waals surface area contributed by atoms with E-state index in [0.717, 1.165) is 26.2 Å². The lowest BCUT2D eigenvalue weighted by molar-refractivity contribution is 0.220. The van der Waals surface area contributed by atoms with Crippen LogP contribution in [0.4, 0.5) is 13.6 Å². The maximum Gasteiger partial charge on any atom is 0.329 e. The highest BCUT2D eigenvalue weighted by molar-refractivity contribution is 6.09. The van der Waals surface area contributed by atoms with Gasteiger partial charge in [0, 0.05) is 56.4 Å². The van der Waals surface area contributed by atoms with Crippen molar-refractivity contribution in [3.8, 4) is 0 Å². The smallest absolute Gasteiger partial charge is 0.329 e. The van der Waals surface area contributed by atoms with Crippen molar-refractivity contribution in [2.75, 3.05) is 26.2 Å². The van der Waals surface area contributed by atoms with Crippen molar-refractivity contribution in [2.24, 2.45) is 4.99 Å². The van der Waals surface area contributed by atoms with E-state index < -0.39 is 23.8 Å². The number of hydrogen-bond acceptors (Lipinski definition) is 5. The number of halogens is 2. The molecule has 2 amide bonds. The molecule has 1 fully saturated rings. The predicted octanol–water partition coefficient (Wildman–Crippen LogP) is 1.82. The monoisotopic (exact) mass is 399 g/mol. The number of nitrogens with one attached hydrogen (secondary N) is 2. The molecule has 150 valence electrons. The van der Waals surface area contributed by atoms with Gasteiger partial charge < -0.3 is 19.9 Å². The zero-order chi connectivity index (χ0) is 20.1. The van der Waals surface area contributed by atoms with Crippen molar-refractivity contribution >= 4 is 17.5 Å². The summed E-state index contributed by atoms with van der Waals surface area (Å²) in [6.45, 7) is 4.80. The van der Waals surface area contributed by atoms with Crippen LogP contribution in [0.25, 0.3) is 5.65 Å². The van der Waals surface area contributed by atoms with Crippen molar-refractivity contribution in [3.63, 3.8) is 0 Å². The highest BCUT2D eigenvalue weighted by atomic mass is 19.1. The first-order valence-corrected chi connectivity index (χ1v) is 9.37. The van der Waals surface area contributed by atoms with E-state index in [-0.39, 0.29) is 11.5 Å². The van der Waals surface area contributed by atoms with Gasteiger partial charge in [-0.15, -0.1) is 0 Å². The molecule has 0 bridgehead atoms. The maximum atomic E-state index is 14.9. The molecular formula is C19H19F2N7O. The molecule has 0 aliphatic carbocycles. The standard InChI is InChI=1S/C19H19F2N7O/c1-11-8-27-9-12(6-14(20)17(27)23-11)16-24-18-15(21)7-13(10-28(18)19(29)25-16)26-4-2-22-3-5-26/h6-10,16,22H,2-5H2,1H3,(H,25,29). The number of aromatic nitrogens is 2. The Hall–Kier alpha value is -3.27. The Morgan fingerprint density at radius 2 is 2.00 bits per heavy atom. The lowest BCUT2D eigenvalue weighted by Crippen LogP contribution is -2.49. The summed E-state index contributed by atoms with van der Waals surface area (Å²) in [4.78, 5) is 24.3. The minimum atomic E-state index is -0.899. The number of aliphatic imine (C=N–C) groups is 1. The summed E-state index contributed by atoms with van der Waals surface area (Å²) in [6, 6.07) is 0.747. The number of pyridine rings is 1. The number of amides is 2. The molecule has 5 heterocycles. The van der Waals surface area contributed by atoms with E-state index in [1.165, 1.54) is 21.4 Å². The maximum absolute atomic E-state index is 14.9. The van der Waals surface area contributed by atoms with E-state index in [1.54, 1.807) is 25.5 Å². The molecule has 2 aromatic rings. The van der Waals surface area contributed by atoms with Gasteiger partial charge in [-0.05, 0) is 13.0 Å². The lowest BCUT2D eigenvalue weighted by atomic mass is 10.1. The van der Waals surface area contributed by atoms with Crippen molar-refractivity contribution in [2.45, 2.75) is 13.1 Å². The van der Waals surface area contributed by atoms with Gasteiger partial charge in [0.1, 0.15) is 0 Å². The molecule has 1 saturated heterocycles. The Balaban J connectivity index is 1.50. The van der Waals surface area contributed by atoms with E-state index in [1.807, 2.05) is 4.90 Å². The van der Waals surface area contributed by atoms with Gasteiger partial charge in [-0.3, -0.25) is 0 Å². The molecule has 1 atom stereocenters. The molecule has 0 spiro atoms. The van der Waals surface area contributed by atoms with Gasteiger partial charge in [0.15, 0.2) is 29.3 Å². The van der Waals surface area contributed by atoms with Crippen LogP contribution in [-0.2, 0) is 0 Å². The number of urea groups is 1. The van der Waals surface area contributed by atoms with Gasteiger partial charge in [0.2, 0.25) is 0 Å². The number of rotatable bonds is 2. The number of aryl methyl sites for hydroxylation is 1. The Morgan fingerprint density at radius 3 is 2.79 bits per heavy atom. The Kier molecular flexibility index (Phi) is 4.09. The number of allylic oxidation sites excluding steroid dienone is 1. The summed E-state index contributed by atoms with van der Waals surface area (Å²) < 4.78 is 30.8. The predicted molar refractivity (Wildman–Crippen MR) is 102 cm³/mol. The summed E-state index contributed by atoms with van der Waals surface area (Å²) in [5.74, 6) is -1.21. The molecular weight excluding hydrogens is 380 g/mol. The van der Waals surface area contributed by atoms with Crippen molar-refractivity contribution in [1.29, 1.82) is 0 Å². The Morgan fingerprint density at radius 1 is 1.21 bits per heavy atom. The quantitative estimate of drug-likeness (QED) is 0.808. The molecule has 2 aromatic heterocycles. The van der Waals surface area contributed by atoms with Gasteiger partial charge in [0.25, 0.3) is 0 Å². The number of amidine groups is 1. The van der Waals surface area contributed by atoms with Crippen LogP contribution in [-0.4, -0.2) is 57.2 Å². The number of carbonyl (C=O) groups excluding carboxylic acids is 1. The third-order valence-electron chi connectivity index (χ3n) is 5.15. The number of hydrogen-bond donors (Lipinski definition) is 2. The fourth-order valence-corrected chi connectivity index (χ4v) is 3.76. The van der Waals surface area contributed by atoms with E-state index >= 15 is 0 Å². The van der Waals surface area contributed by atoms with Crippen molar-refractivity contribution in [1.82, 2.24) is 29.8 Å². The van der Waals surface area contributed by atoms with E-state index in [9.17, 15) is 13.6 Å². The van der Waals surface area contributed by atoms with Gasteiger partial charge in [0.05, 0.1) is 11.4 Å². The second-order valence-corrected chi connectivity index (χ2v) is 7.19. The fourth-order valence-electron chi connectivity index (χ4n) is 3.76. The van der Waals surface area contributed by atoms with Gasteiger partial charge in [-0.25, -0.2) is 28.5 Å². The van der Waals surface area contributed by atoms with Crippen LogP contribution < -0.4 is 10.6 Å². The average molecular weight is 399 g/mol. The van der Waals surface area contributed by atoms with Crippen molar-refractivity contribution < 1.29 is 13.6 Å². The Bertz CT molecular complexity index is 1100. The lowest BCUT2D eigenvalue weighted by Gasteiger charge is -2.36. The van der Waals surface area contributed by atoms with Crippen LogP contribution in [0.15, 0.2) is 47.3 Å². The third-order valence-corrected chi connectivity index (χ3v) is 5.15. The number of nitrogens with zero attached hydrogens (tertiary/aromatic N) is 5. The molecule has 5 rings (SSSR count). The van der Waals surface area contributed by atoms with E-state index in [4.69, 9.17) is 0 Å². The molecule has 2 N–H and O–H groups in total. The topological polar surface area (TPSA) is 77.3 Å². The molecule has 1 unspecified atom stereocenters. The van der Waals surface area contributed by atoms with Crippen LogP contribution in [0.5, 0.6) is 0 Å². The summed E-state index contributed by atoms with van der Waals surface area (Å²) >= 11 is 0. The number of imidazole rings is 1. The van der Waals surface area contributed by atoms with E-state index in [0.29, 0.717) is 17.0 Å². The normalized spacial score (nSPS) is 22.1. The first-order chi connectivity index (χ1) is 14.0. The Labute approximate surface area is 165 Å². The summed E-state index contributed by atoms with van der Waals surface area (Å²) in [7, 11) is 0. The van der Waals surface area contributed by atoms with E-state index in [2.05, 4.69) is 20.6 Å². The first kappa shape index (κ1) is 17.8. The molecule has 0 aromatic carbocycles. The molecule has 10 heteroatoms. The zero-order valence-electron chi connectivity index (χ0n) is 15.7. The molecule has 3 aliphatic heterocycles. The first-order valence-electron chi connectivity index (χ1n) is 9.37. The minimum Gasteiger partial charge on any atom is -0.368 e. The molecule has 29 heavy (non-hydrogen) atoms. The summed E-state index contributed by atoms with van der Waals surface area (Å²) in [5.41, 5.74) is 1.88. The number of piperazine rings is 1. The van der Waals surface area contributed by atoms with Gasteiger partial charge in [-0.2, -0.15) is 0 Å². The van der Waals surface area contributed by atoms with Crippen LogP contribution in [0.1, 0.15) is 17.4 Å². The third kappa shape index (κ3) is 3.05. The van der Waals surface area contributed by atoms with Gasteiger partial charge in [-0.1, -0.05) is 0 Å². The molecule has 0 radical (unpaired) electrons. The van der Waals surface area contributed by atoms with Crippen LogP contribution in [0.2, 0.25) is 0 Å². The fraction of sp³-hybridized carbons (Fsp3) is 0.316. The van der Waals surface area contributed by atoms with Crippen LogP contribution >= 0.6 is 0 Å². The second-order valence-electron chi connectivity index (χ2n) is 7.19. The highest BCUT2D eigenvalue weighted by Crippen LogP contribution is 2.28. The second kappa shape index (κ2) is 6.66. The highest BCUT2D eigenvalue weighted by Gasteiger charge is 2.34. The molecule has 8 nitrogen and oxygen atoms in total. The number of fused-ring (bicyclic) bond motifs is 2. The minimum absolute atomic E-state index is 0.0834. The number of carbonyl (C=O) groups is 1. The zero-order valence-corrected chi connectivity index (χ0v) is 15.7. The SMILES string of the molecule is Cc1cn2cc(C3N=C4C(F)=CC(N5CCNCC5)=CN4C(=O)N3)cc(F)c2n1. The molecule has 0 saturated carbocycles. The summed E-state index contributed by atoms with van der Waals surface area (Å²) in [6.07, 6.45) is 5.38. The van der Waals surface area contributed by atoms with Crippen LogP contribution in [0.3, 0.4) is 0 Å². The average Bonchev–Trinajstić information content (AvgIpc) is 3.10. The van der Waals surface area contributed by atoms with Crippen LogP contribution in [0, 0.1) is 12.7 Å². The summed E-state index contributed by atoms with van der Waals surface area (Å²) in [5, 5.41) is 5.94. The largest absolute Gasteiger partial charge is 0.368 e. The van der Waals surface area contributed by atoms with Gasteiger partial charge >= 0.3 is 6.03 Å². The molecule has 3 aliphatic rings. The van der Waals surface area contributed by atoms with Crippen molar-refractivity contribution in [3.05, 3.63) is 59.3 Å².